The van der Waals surface area contributed by atoms with Crippen LogP contribution in [0.15, 0.2) is 64.6 Å². The molecule has 6 rings (SSSR count). The Kier molecular flexibility index (Phi) is 4.38. The molecule has 0 aliphatic heterocycles. The molecular weight excluding hydrogens is 440 g/mol. The first kappa shape index (κ1) is 19.6. The third kappa shape index (κ3) is 2.72. The van der Waals surface area contributed by atoms with E-state index in [1.165, 1.54) is 69.1 Å². The van der Waals surface area contributed by atoms with Gasteiger partial charge in [0.25, 0.3) is 0 Å². The Morgan fingerprint density at radius 2 is 1.42 bits per heavy atom. The van der Waals surface area contributed by atoms with Gasteiger partial charge in [0.2, 0.25) is 0 Å². The molecule has 0 N–H and O–H groups in total. The SMILES string of the molecule is CC1=Cc2c(cc3c(c2Br)CCCC3)C1C(C)(C)C1c2ccccc2-c2ccccc21. The molecule has 31 heavy (non-hydrogen) atoms. The van der Waals surface area contributed by atoms with Crippen molar-refractivity contribution in [3.63, 3.8) is 0 Å². The average molecular weight is 469 g/mol. The van der Waals surface area contributed by atoms with E-state index in [0.717, 1.165) is 0 Å². The topological polar surface area (TPSA) is 0 Å². The Balaban J connectivity index is 1.54. The third-order valence-corrected chi connectivity index (χ3v) is 9.02. The molecule has 1 heteroatoms. The smallest absolute Gasteiger partial charge is 0.0285 e. The summed E-state index contributed by atoms with van der Waals surface area (Å²) in [7, 11) is 0. The van der Waals surface area contributed by atoms with Crippen molar-refractivity contribution in [2.24, 2.45) is 5.41 Å². The number of benzene rings is 3. The van der Waals surface area contributed by atoms with Gasteiger partial charge in [-0.1, -0.05) is 80.1 Å². The lowest BCUT2D eigenvalue weighted by Crippen LogP contribution is -2.29. The van der Waals surface area contributed by atoms with Crippen molar-refractivity contribution in [2.45, 2.75) is 58.3 Å². The normalized spacial score (nSPS) is 19.5. The van der Waals surface area contributed by atoms with Crippen LogP contribution >= 0.6 is 15.9 Å². The van der Waals surface area contributed by atoms with Crippen LogP contribution in [0.3, 0.4) is 0 Å². The number of halogens is 1. The predicted octanol–water partition coefficient (Wildman–Crippen LogP) is 8.67. The van der Waals surface area contributed by atoms with E-state index in [2.05, 4.69) is 97.4 Å². The van der Waals surface area contributed by atoms with E-state index in [0.29, 0.717) is 11.8 Å². The summed E-state index contributed by atoms with van der Waals surface area (Å²) >= 11 is 4.03. The molecule has 0 nitrogen and oxygen atoms in total. The fourth-order valence-corrected chi connectivity index (χ4v) is 7.74. The molecule has 0 radical (unpaired) electrons. The van der Waals surface area contributed by atoms with Gasteiger partial charge in [0.05, 0.1) is 0 Å². The van der Waals surface area contributed by atoms with Crippen LogP contribution in [-0.2, 0) is 12.8 Å². The first-order valence-electron chi connectivity index (χ1n) is 11.7. The molecular formula is C30H29Br. The Hall–Kier alpha value is -2.12. The highest BCUT2D eigenvalue weighted by molar-refractivity contribution is 9.10. The number of fused-ring (bicyclic) bond motifs is 5. The minimum atomic E-state index is 0.0664. The van der Waals surface area contributed by atoms with Gasteiger partial charge in [0.15, 0.2) is 0 Å². The van der Waals surface area contributed by atoms with E-state index in [1.807, 2.05) is 0 Å². The van der Waals surface area contributed by atoms with Crippen molar-refractivity contribution in [3.8, 4) is 11.1 Å². The van der Waals surface area contributed by atoms with Gasteiger partial charge in [-0.05, 0) is 98.5 Å². The van der Waals surface area contributed by atoms with Crippen molar-refractivity contribution in [3.05, 3.63) is 98.0 Å². The summed E-state index contributed by atoms with van der Waals surface area (Å²) in [6.07, 6.45) is 7.54. The van der Waals surface area contributed by atoms with E-state index >= 15 is 0 Å². The molecule has 0 heterocycles. The Morgan fingerprint density at radius 1 is 0.806 bits per heavy atom. The van der Waals surface area contributed by atoms with Gasteiger partial charge in [-0.2, -0.15) is 0 Å². The number of rotatable bonds is 2. The lowest BCUT2D eigenvalue weighted by molar-refractivity contribution is 0.278. The van der Waals surface area contributed by atoms with E-state index in [-0.39, 0.29) is 5.41 Å². The van der Waals surface area contributed by atoms with Crippen LogP contribution in [0.25, 0.3) is 17.2 Å². The fraction of sp³-hybridized carbons (Fsp3) is 0.333. The minimum Gasteiger partial charge on any atom is -0.0646 e. The maximum Gasteiger partial charge on any atom is 0.0285 e. The zero-order chi connectivity index (χ0) is 21.3. The molecule has 0 amide bonds. The summed E-state index contributed by atoms with van der Waals surface area (Å²) in [5.41, 5.74) is 13.5. The van der Waals surface area contributed by atoms with Gasteiger partial charge < -0.3 is 0 Å². The number of hydrogen-bond donors (Lipinski definition) is 0. The first-order chi connectivity index (χ1) is 15.0. The first-order valence-corrected chi connectivity index (χ1v) is 12.5. The van der Waals surface area contributed by atoms with Crippen molar-refractivity contribution < 1.29 is 0 Å². The lowest BCUT2D eigenvalue weighted by atomic mass is 9.62. The largest absolute Gasteiger partial charge is 0.0646 e. The zero-order valence-electron chi connectivity index (χ0n) is 18.6. The molecule has 3 aliphatic rings. The second-order valence-corrected chi connectivity index (χ2v) is 11.1. The van der Waals surface area contributed by atoms with Crippen LogP contribution in [-0.4, -0.2) is 0 Å². The highest BCUT2D eigenvalue weighted by atomic mass is 79.9. The van der Waals surface area contributed by atoms with Crippen molar-refractivity contribution in [2.75, 3.05) is 0 Å². The molecule has 156 valence electrons. The van der Waals surface area contributed by atoms with Crippen LogP contribution in [0.2, 0.25) is 0 Å². The summed E-state index contributed by atoms with van der Waals surface area (Å²) in [5, 5.41) is 0. The van der Waals surface area contributed by atoms with Gasteiger partial charge >= 0.3 is 0 Å². The summed E-state index contributed by atoms with van der Waals surface area (Å²) in [4.78, 5) is 0. The van der Waals surface area contributed by atoms with Crippen LogP contribution in [0.5, 0.6) is 0 Å². The standard InChI is InChI=1S/C30H29Br/c1-18-16-26-25(17-19-10-4-5-11-20(19)29(26)31)27(18)30(2,3)28-23-14-8-6-12-21(23)22-13-7-9-15-24(22)28/h6-9,12-17,27-28H,4-5,10-11H2,1-3H3. The molecule has 1 atom stereocenters. The maximum atomic E-state index is 4.03. The highest BCUT2D eigenvalue weighted by Crippen LogP contribution is 2.61. The monoisotopic (exact) mass is 468 g/mol. The van der Waals surface area contributed by atoms with Crippen molar-refractivity contribution in [1.82, 2.24) is 0 Å². The Bertz CT molecular complexity index is 1200. The number of allylic oxidation sites excluding steroid dienone is 1. The van der Waals surface area contributed by atoms with Crippen LogP contribution in [0, 0.1) is 5.41 Å². The lowest BCUT2D eigenvalue weighted by Gasteiger charge is -2.40. The van der Waals surface area contributed by atoms with E-state index in [1.54, 1.807) is 11.1 Å². The van der Waals surface area contributed by atoms with E-state index < -0.39 is 0 Å². The molecule has 3 aromatic carbocycles. The fourth-order valence-electron chi connectivity index (χ4n) is 6.95. The van der Waals surface area contributed by atoms with Gasteiger partial charge in [-0.15, -0.1) is 0 Å². The quantitative estimate of drug-likeness (QED) is 0.352. The Labute approximate surface area is 194 Å². The summed E-state index contributed by atoms with van der Waals surface area (Å²) in [6.45, 7) is 7.35. The van der Waals surface area contributed by atoms with Crippen LogP contribution in [0.1, 0.15) is 78.8 Å². The molecule has 0 saturated carbocycles. The number of aryl methyl sites for hydroxylation is 1. The van der Waals surface area contributed by atoms with Crippen molar-refractivity contribution >= 4 is 22.0 Å². The molecule has 0 saturated heterocycles. The van der Waals surface area contributed by atoms with E-state index in [4.69, 9.17) is 0 Å². The van der Waals surface area contributed by atoms with Crippen LogP contribution in [0.4, 0.5) is 0 Å². The zero-order valence-corrected chi connectivity index (χ0v) is 20.2. The summed E-state index contributed by atoms with van der Waals surface area (Å²) in [5.74, 6) is 0.823. The predicted molar refractivity (Wildman–Crippen MR) is 135 cm³/mol. The molecule has 3 aliphatic carbocycles. The van der Waals surface area contributed by atoms with Crippen molar-refractivity contribution in [1.29, 1.82) is 0 Å². The molecule has 0 bridgehead atoms. The van der Waals surface area contributed by atoms with Crippen LogP contribution < -0.4 is 0 Å². The molecule has 1 unspecified atom stereocenters. The van der Waals surface area contributed by atoms with Gasteiger partial charge in [-0.25, -0.2) is 0 Å². The van der Waals surface area contributed by atoms with E-state index in [9.17, 15) is 0 Å². The second kappa shape index (κ2) is 6.94. The average Bonchev–Trinajstić information content (AvgIpc) is 3.29. The summed E-state index contributed by atoms with van der Waals surface area (Å²) < 4.78 is 1.37. The molecule has 0 spiro atoms. The Morgan fingerprint density at radius 3 is 2.10 bits per heavy atom. The second-order valence-electron chi connectivity index (χ2n) is 10.3. The molecule has 0 fully saturated rings. The maximum absolute atomic E-state index is 4.03. The van der Waals surface area contributed by atoms with Gasteiger partial charge in [-0.3, -0.25) is 0 Å². The number of hydrogen-bond acceptors (Lipinski definition) is 0. The van der Waals surface area contributed by atoms with Gasteiger partial charge in [0, 0.05) is 16.3 Å². The molecule has 3 aromatic rings. The minimum absolute atomic E-state index is 0.0664. The van der Waals surface area contributed by atoms with Gasteiger partial charge in [0.1, 0.15) is 0 Å². The summed E-state index contributed by atoms with van der Waals surface area (Å²) in [6, 6.07) is 20.7. The third-order valence-electron chi connectivity index (χ3n) is 8.11. The molecule has 0 aromatic heterocycles. The highest BCUT2D eigenvalue weighted by Gasteiger charge is 2.47.